The summed E-state index contributed by atoms with van der Waals surface area (Å²) in [6.07, 6.45) is 0. The van der Waals surface area contributed by atoms with Crippen LogP contribution in [0.25, 0.3) is 0 Å². The normalized spacial score (nSPS) is 11.7. The smallest absolute Gasteiger partial charge is 0.241 e. The molecule has 3 N–H and O–H groups in total. The highest BCUT2D eigenvalue weighted by molar-refractivity contribution is 9.10. The van der Waals surface area contributed by atoms with Crippen LogP contribution in [-0.2, 0) is 16.6 Å². The molecule has 0 saturated carbocycles. The Hall–Kier alpha value is -0.890. The Kier molecular flexibility index (Phi) is 4.29. The van der Waals surface area contributed by atoms with Crippen LogP contribution in [0.15, 0.2) is 39.0 Å². The second kappa shape index (κ2) is 5.62. The van der Waals surface area contributed by atoms with Crippen molar-refractivity contribution in [2.24, 2.45) is 0 Å². The number of rotatable bonds is 4. The van der Waals surface area contributed by atoms with Gasteiger partial charge in [0.25, 0.3) is 0 Å². The van der Waals surface area contributed by atoms with Gasteiger partial charge in [0.05, 0.1) is 4.90 Å². The van der Waals surface area contributed by atoms with Gasteiger partial charge in [-0.25, -0.2) is 13.1 Å². The van der Waals surface area contributed by atoms with Gasteiger partial charge >= 0.3 is 0 Å². The number of nitrogens with one attached hydrogen (secondary N) is 1. The average molecular weight is 361 g/mol. The van der Waals surface area contributed by atoms with Gasteiger partial charge in [-0.15, -0.1) is 11.3 Å². The van der Waals surface area contributed by atoms with Gasteiger partial charge in [0.2, 0.25) is 10.0 Å². The van der Waals surface area contributed by atoms with Crippen molar-refractivity contribution in [1.29, 1.82) is 0 Å². The van der Waals surface area contributed by atoms with E-state index in [0.717, 1.165) is 4.88 Å². The zero-order valence-corrected chi connectivity index (χ0v) is 13.4. The van der Waals surface area contributed by atoms with Gasteiger partial charge in [-0.05, 0) is 36.1 Å². The third-order valence-electron chi connectivity index (χ3n) is 2.67. The lowest BCUT2D eigenvalue weighted by Crippen LogP contribution is -2.24. The molecule has 0 aliphatic carbocycles. The Morgan fingerprint density at radius 2 is 2.16 bits per heavy atom. The fourth-order valence-electron chi connectivity index (χ4n) is 1.61. The summed E-state index contributed by atoms with van der Waals surface area (Å²) in [5, 5.41) is 1.91. The zero-order valence-electron chi connectivity index (χ0n) is 10.2. The maximum absolute atomic E-state index is 12.3. The van der Waals surface area contributed by atoms with E-state index < -0.39 is 10.0 Å². The number of nitrogens with two attached hydrogens (primary N) is 1. The minimum absolute atomic E-state index is 0.205. The first kappa shape index (κ1) is 14.5. The van der Waals surface area contributed by atoms with Crippen molar-refractivity contribution in [3.05, 3.63) is 44.6 Å². The summed E-state index contributed by atoms with van der Waals surface area (Å²) in [5.41, 5.74) is 6.80. The highest BCUT2D eigenvalue weighted by Gasteiger charge is 2.18. The van der Waals surface area contributed by atoms with Gasteiger partial charge in [-0.2, -0.15) is 0 Å². The molecule has 19 heavy (non-hydrogen) atoms. The molecule has 0 amide bonds. The SMILES string of the molecule is Cc1c(N)cc(Br)cc1S(=O)(=O)NCc1cccs1. The summed E-state index contributed by atoms with van der Waals surface area (Å²) in [4.78, 5) is 1.17. The van der Waals surface area contributed by atoms with Crippen LogP contribution >= 0.6 is 27.3 Å². The first-order valence-corrected chi connectivity index (χ1v) is 8.63. The van der Waals surface area contributed by atoms with E-state index in [2.05, 4.69) is 20.7 Å². The Labute approximate surface area is 124 Å². The first-order chi connectivity index (χ1) is 8.90. The molecule has 0 fully saturated rings. The molecule has 0 radical (unpaired) electrons. The molecule has 1 aromatic heterocycles. The van der Waals surface area contributed by atoms with E-state index >= 15 is 0 Å². The molecule has 0 spiro atoms. The van der Waals surface area contributed by atoms with E-state index in [-0.39, 0.29) is 11.4 Å². The number of thiophene rings is 1. The second-order valence-electron chi connectivity index (χ2n) is 4.02. The lowest BCUT2D eigenvalue weighted by atomic mass is 10.2. The van der Waals surface area contributed by atoms with Crippen molar-refractivity contribution in [2.75, 3.05) is 5.73 Å². The van der Waals surface area contributed by atoms with E-state index in [1.807, 2.05) is 17.5 Å². The number of hydrogen-bond acceptors (Lipinski definition) is 4. The fraction of sp³-hybridized carbons (Fsp3) is 0.167. The maximum atomic E-state index is 12.3. The number of hydrogen-bond donors (Lipinski definition) is 2. The molecule has 0 unspecified atom stereocenters. The van der Waals surface area contributed by atoms with Crippen LogP contribution in [0.5, 0.6) is 0 Å². The molecule has 1 aromatic carbocycles. The van der Waals surface area contributed by atoms with Crippen LogP contribution in [0.3, 0.4) is 0 Å². The van der Waals surface area contributed by atoms with Gasteiger partial charge in [0.1, 0.15) is 0 Å². The van der Waals surface area contributed by atoms with Gasteiger partial charge in [-0.1, -0.05) is 22.0 Å². The van der Waals surface area contributed by atoms with Crippen molar-refractivity contribution < 1.29 is 8.42 Å². The lowest BCUT2D eigenvalue weighted by Gasteiger charge is -2.11. The van der Waals surface area contributed by atoms with Gasteiger partial charge in [0.15, 0.2) is 0 Å². The van der Waals surface area contributed by atoms with Crippen molar-refractivity contribution >= 4 is 43.0 Å². The Morgan fingerprint density at radius 1 is 1.42 bits per heavy atom. The summed E-state index contributed by atoms with van der Waals surface area (Å²) in [5.74, 6) is 0. The van der Waals surface area contributed by atoms with E-state index in [1.165, 1.54) is 11.3 Å². The number of benzene rings is 1. The highest BCUT2D eigenvalue weighted by atomic mass is 79.9. The molecule has 0 bridgehead atoms. The van der Waals surface area contributed by atoms with Crippen LogP contribution in [-0.4, -0.2) is 8.42 Å². The summed E-state index contributed by atoms with van der Waals surface area (Å²) in [6, 6.07) is 7.02. The largest absolute Gasteiger partial charge is 0.398 e. The van der Waals surface area contributed by atoms with Crippen LogP contribution in [0.1, 0.15) is 10.4 Å². The van der Waals surface area contributed by atoms with Crippen molar-refractivity contribution in [2.45, 2.75) is 18.4 Å². The minimum Gasteiger partial charge on any atom is -0.398 e. The van der Waals surface area contributed by atoms with Gasteiger partial charge in [0, 0.05) is 21.6 Å². The molecule has 2 rings (SSSR count). The molecule has 7 heteroatoms. The van der Waals surface area contributed by atoms with Gasteiger partial charge in [-0.3, -0.25) is 0 Å². The first-order valence-electron chi connectivity index (χ1n) is 5.48. The maximum Gasteiger partial charge on any atom is 0.241 e. The summed E-state index contributed by atoms with van der Waals surface area (Å²) >= 11 is 4.77. The summed E-state index contributed by atoms with van der Waals surface area (Å²) < 4.78 is 27.8. The van der Waals surface area contributed by atoms with Crippen molar-refractivity contribution in [1.82, 2.24) is 4.72 Å². The molecule has 1 heterocycles. The lowest BCUT2D eigenvalue weighted by molar-refractivity contribution is 0.581. The number of nitrogen functional groups attached to an aromatic ring is 1. The molecule has 0 aliphatic rings. The van der Waals surface area contributed by atoms with E-state index in [4.69, 9.17) is 5.73 Å². The zero-order chi connectivity index (χ0) is 14.0. The number of anilines is 1. The molecule has 0 atom stereocenters. The van der Waals surface area contributed by atoms with Crippen LogP contribution < -0.4 is 10.5 Å². The molecule has 102 valence electrons. The Morgan fingerprint density at radius 3 is 2.79 bits per heavy atom. The van der Waals surface area contributed by atoms with E-state index in [1.54, 1.807) is 19.1 Å². The average Bonchev–Trinajstić information content (AvgIpc) is 2.84. The number of sulfonamides is 1. The molecule has 2 aromatic rings. The molecular formula is C12H13BrN2O2S2. The van der Waals surface area contributed by atoms with Gasteiger partial charge < -0.3 is 5.73 Å². The third-order valence-corrected chi connectivity index (χ3v) is 5.53. The predicted octanol–water partition coefficient (Wildman–Crippen LogP) is 2.88. The summed E-state index contributed by atoms with van der Waals surface area (Å²) in [6.45, 7) is 1.98. The van der Waals surface area contributed by atoms with E-state index in [9.17, 15) is 8.42 Å². The molecular weight excluding hydrogens is 348 g/mol. The standard InChI is InChI=1S/C12H13BrN2O2S2/c1-8-11(14)5-9(13)6-12(8)19(16,17)15-7-10-3-2-4-18-10/h2-6,15H,7,14H2,1H3. The summed E-state index contributed by atoms with van der Waals surface area (Å²) in [7, 11) is -3.57. The topological polar surface area (TPSA) is 72.2 Å². The Bertz CT molecular complexity index is 682. The number of halogens is 1. The van der Waals surface area contributed by atoms with Crippen molar-refractivity contribution in [3.63, 3.8) is 0 Å². The third kappa shape index (κ3) is 3.36. The quantitative estimate of drug-likeness (QED) is 0.823. The monoisotopic (exact) mass is 360 g/mol. The van der Waals surface area contributed by atoms with Crippen molar-refractivity contribution in [3.8, 4) is 0 Å². The minimum atomic E-state index is -3.57. The molecule has 4 nitrogen and oxygen atoms in total. The Balaban J connectivity index is 2.29. The highest BCUT2D eigenvalue weighted by Crippen LogP contribution is 2.26. The van der Waals surface area contributed by atoms with Crippen LogP contribution in [0.4, 0.5) is 5.69 Å². The molecule has 0 aliphatic heterocycles. The van der Waals surface area contributed by atoms with E-state index in [0.29, 0.717) is 15.7 Å². The fourth-order valence-corrected chi connectivity index (χ4v) is 4.28. The van der Waals surface area contributed by atoms with Crippen LogP contribution in [0, 0.1) is 6.92 Å². The van der Waals surface area contributed by atoms with Crippen LogP contribution in [0.2, 0.25) is 0 Å². The second-order valence-corrected chi connectivity index (χ2v) is 7.71. The predicted molar refractivity (Wildman–Crippen MR) is 81.6 cm³/mol. The molecule has 0 saturated heterocycles.